The standard InChI is InChI=1S/C21H25N7O3S/c1-16(2)23-32(30,31)19-10-8-17(9-11-19)20(29)26-12-14-27(15-13-26)21-22-24-25-28(21)18-6-4-3-5-7-18/h3-11,16,23H,12-15H2,1-2H3. The van der Waals surface area contributed by atoms with Crippen LogP contribution in [0.25, 0.3) is 5.69 Å². The van der Waals surface area contributed by atoms with E-state index in [1.165, 1.54) is 12.1 Å². The molecule has 1 aromatic heterocycles. The Morgan fingerprint density at radius 1 is 0.969 bits per heavy atom. The highest BCUT2D eigenvalue weighted by atomic mass is 32.2. The van der Waals surface area contributed by atoms with Crippen LogP contribution in [0, 0.1) is 0 Å². The molecule has 0 spiro atoms. The smallest absolute Gasteiger partial charge is 0.253 e. The van der Waals surface area contributed by atoms with Crippen molar-refractivity contribution in [2.75, 3.05) is 31.1 Å². The Morgan fingerprint density at radius 3 is 2.25 bits per heavy atom. The van der Waals surface area contributed by atoms with Crippen LogP contribution >= 0.6 is 0 Å². The number of piperazine rings is 1. The summed E-state index contributed by atoms with van der Waals surface area (Å²) in [6, 6.07) is 15.5. The number of carbonyl (C=O) groups is 1. The number of nitrogens with zero attached hydrogens (tertiary/aromatic N) is 6. The molecular formula is C21H25N7O3S. The minimum atomic E-state index is -3.59. The van der Waals surface area contributed by atoms with Crippen molar-refractivity contribution in [1.82, 2.24) is 29.8 Å². The average Bonchev–Trinajstić information content (AvgIpc) is 3.29. The maximum Gasteiger partial charge on any atom is 0.253 e. The van der Waals surface area contributed by atoms with E-state index in [4.69, 9.17) is 0 Å². The van der Waals surface area contributed by atoms with Crippen LogP contribution in [0.3, 0.4) is 0 Å². The third-order valence-electron chi connectivity index (χ3n) is 5.11. The summed E-state index contributed by atoms with van der Waals surface area (Å²) in [5.74, 6) is 0.503. The molecular weight excluding hydrogens is 430 g/mol. The fourth-order valence-electron chi connectivity index (χ4n) is 3.56. The van der Waals surface area contributed by atoms with Gasteiger partial charge in [0, 0.05) is 37.8 Å². The van der Waals surface area contributed by atoms with Crippen molar-refractivity contribution in [2.24, 2.45) is 0 Å². The summed E-state index contributed by atoms with van der Waals surface area (Å²) in [7, 11) is -3.59. The lowest BCUT2D eigenvalue weighted by Gasteiger charge is -2.34. The van der Waals surface area contributed by atoms with Crippen molar-refractivity contribution < 1.29 is 13.2 Å². The van der Waals surface area contributed by atoms with Crippen LogP contribution in [0.4, 0.5) is 5.95 Å². The predicted molar refractivity (Wildman–Crippen MR) is 119 cm³/mol. The quantitative estimate of drug-likeness (QED) is 0.596. The number of rotatable bonds is 6. The first-order valence-electron chi connectivity index (χ1n) is 10.4. The van der Waals surface area contributed by atoms with Gasteiger partial charge in [-0.1, -0.05) is 23.3 Å². The molecule has 4 rings (SSSR count). The van der Waals surface area contributed by atoms with E-state index in [2.05, 4.69) is 20.2 Å². The molecule has 32 heavy (non-hydrogen) atoms. The zero-order valence-electron chi connectivity index (χ0n) is 17.9. The van der Waals surface area contributed by atoms with Gasteiger partial charge in [0.15, 0.2) is 0 Å². The van der Waals surface area contributed by atoms with Gasteiger partial charge in [0.2, 0.25) is 16.0 Å². The van der Waals surface area contributed by atoms with Gasteiger partial charge in [-0.2, -0.15) is 4.68 Å². The van der Waals surface area contributed by atoms with Gasteiger partial charge < -0.3 is 9.80 Å². The van der Waals surface area contributed by atoms with Crippen molar-refractivity contribution in [3.63, 3.8) is 0 Å². The number of hydrogen-bond acceptors (Lipinski definition) is 7. The van der Waals surface area contributed by atoms with E-state index < -0.39 is 10.0 Å². The number of benzene rings is 2. The van der Waals surface area contributed by atoms with Gasteiger partial charge in [-0.25, -0.2) is 13.1 Å². The largest absolute Gasteiger partial charge is 0.336 e. The van der Waals surface area contributed by atoms with Crippen molar-refractivity contribution in [3.05, 3.63) is 60.2 Å². The first kappa shape index (κ1) is 21.9. The molecule has 1 aliphatic rings. The minimum absolute atomic E-state index is 0.131. The van der Waals surface area contributed by atoms with Gasteiger partial charge in [-0.15, -0.1) is 0 Å². The maximum absolute atomic E-state index is 12.9. The van der Waals surface area contributed by atoms with Crippen LogP contribution in [-0.4, -0.2) is 71.7 Å². The summed E-state index contributed by atoms with van der Waals surface area (Å²) in [6.45, 7) is 5.71. The van der Waals surface area contributed by atoms with Gasteiger partial charge in [-0.3, -0.25) is 4.79 Å². The third-order valence-corrected chi connectivity index (χ3v) is 6.78. The molecule has 3 aromatic rings. The summed E-state index contributed by atoms with van der Waals surface area (Å²) in [5.41, 5.74) is 1.32. The minimum Gasteiger partial charge on any atom is -0.336 e. The molecule has 0 aliphatic carbocycles. The zero-order valence-corrected chi connectivity index (χ0v) is 18.7. The number of para-hydroxylation sites is 1. The van der Waals surface area contributed by atoms with Crippen molar-refractivity contribution in [1.29, 1.82) is 0 Å². The van der Waals surface area contributed by atoms with Gasteiger partial charge in [0.25, 0.3) is 5.91 Å². The van der Waals surface area contributed by atoms with Crippen LogP contribution in [0.15, 0.2) is 59.5 Å². The molecule has 10 nitrogen and oxygen atoms in total. The van der Waals surface area contributed by atoms with Gasteiger partial charge >= 0.3 is 0 Å². The van der Waals surface area contributed by atoms with Crippen molar-refractivity contribution in [3.8, 4) is 5.69 Å². The number of carbonyl (C=O) groups excluding carboxylic acids is 1. The van der Waals surface area contributed by atoms with Gasteiger partial charge in [0.05, 0.1) is 10.6 Å². The second-order valence-electron chi connectivity index (χ2n) is 7.81. The topological polar surface area (TPSA) is 113 Å². The second-order valence-corrected chi connectivity index (χ2v) is 9.52. The Hall–Kier alpha value is -3.31. The van der Waals surface area contributed by atoms with E-state index in [-0.39, 0.29) is 16.8 Å². The lowest BCUT2D eigenvalue weighted by atomic mass is 10.2. The zero-order chi connectivity index (χ0) is 22.7. The average molecular weight is 456 g/mol. The molecule has 0 radical (unpaired) electrons. The molecule has 0 bridgehead atoms. The van der Waals surface area contributed by atoms with E-state index in [0.29, 0.717) is 37.7 Å². The SMILES string of the molecule is CC(C)NS(=O)(=O)c1ccc(C(=O)N2CCN(c3nnnn3-c3ccccc3)CC2)cc1. The summed E-state index contributed by atoms with van der Waals surface area (Å²) < 4.78 is 28.8. The molecule has 0 saturated carbocycles. The first-order valence-corrected chi connectivity index (χ1v) is 11.8. The van der Waals surface area contributed by atoms with E-state index >= 15 is 0 Å². The monoisotopic (exact) mass is 455 g/mol. The number of sulfonamides is 1. The van der Waals surface area contributed by atoms with Crippen molar-refractivity contribution in [2.45, 2.75) is 24.8 Å². The number of nitrogens with one attached hydrogen (secondary N) is 1. The highest BCUT2D eigenvalue weighted by molar-refractivity contribution is 7.89. The Kier molecular flexibility index (Phi) is 6.19. The Labute approximate surface area is 186 Å². The van der Waals surface area contributed by atoms with Crippen LogP contribution in [0.5, 0.6) is 0 Å². The third kappa shape index (κ3) is 4.63. The second kappa shape index (κ2) is 9.05. The van der Waals surface area contributed by atoms with Crippen LogP contribution in [0.1, 0.15) is 24.2 Å². The van der Waals surface area contributed by atoms with Crippen LogP contribution in [0.2, 0.25) is 0 Å². The van der Waals surface area contributed by atoms with E-state index in [1.54, 1.807) is 35.6 Å². The molecule has 11 heteroatoms. The lowest BCUT2D eigenvalue weighted by molar-refractivity contribution is 0.0746. The molecule has 1 N–H and O–H groups in total. The van der Waals surface area contributed by atoms with Crippen LogP contribution < -0.4 is 9.62 Å². The molecule has 2 heterocycles. The molecule has 168 valence electrons. The number of tetrazole rings is 1. The van der Waals surface area contributed by atoms with Crippen LogP contribution in [-0.2, 0) is 10.0 Å². The van der Waals surface area contributed by atoms with E-state index in [1.807, 2.05) is 35.2 Å². The molecule has 1 aliphatic heterocycles. The Balaban J connectivity index is 1.41. The molecule has 2 aromatic carbocycles. The normalized spacial score (nSPS) is 14.7. The maximum atomic E-state index is 12.9. The molecule has 1 saturated heterocycles. The number of anilines is 1. The summed E-state index contributed by atoms with van der Waals surface area (Å²) >= 11 is 0. The van der Waals surface area contributed by atoms with Gasteiger partial charge in [-0.05, 0) is 60.7 Å². The molecule has 1 amide bonds. The van der Waals surface area contributed by atoms with E-state index in [0.717, 1.165) is 5.69 Å². The summed E-state index contributed by atoms with van der Waals surface area (Å²) in [4.78, 5) is 16.9. The molecule has 0 unspecified atom stereocenters. The lowest BCUT2D eigenvalue weighted by Crippen LogP contribution is -2.49. The van der Waals surface area contributed by atoms with Crippen molar-refractivity contribution >= 4 is 21.9 Å². The molecule has 1 fully saturated rings. The Bertz CT molecular complexity index is 1170. The number of hydrogen-bond donors (Lipinski definition) is 1. The van der Waals surface area contributed by atoms with E-state index in [9.17, 15) is 13.2 Å². The fraction of sp³-hybridized carbons (Fsp3) is 0.333. The summed E-state index contributed by atoms with van der Waals surface area (Å²) in [6.07, 6.45) is 0. The highest BCUT2D eigenvalue weighted by Crippen LogP contribution is 2.19. The first-order chi connectivity index (χ1) is 15.3. The highest BCUT2D eigenvalue weighted by Gasteiger charge is 2.26. The number of amides is 1. The van der Waals surface area contributed by atoms with Gasteiger partial charge in [0.1, 0.15) is 0 Å². The number of aromatic nitrogens is 4. The Morgan fingerprint density at radius 2 is 1.62 bits per heavy atom. The fourth-order valence-corrected chi connectivity index (χ4v) is 4.81. The summed E-state index contributed by atoms with van der Waals surface area (Å²) in [5, 5.41) is 12.1. The predicted octanol–water partition coefficient (Wildman–Crippen LogP) is 1.31. The molecule has 0 atom stereocenters.